The fourth-order valence-electron chi connectivity index (χ4n) is 2.08. The van der Waals surface area contributed by atoms with Crippen molar-refractivity contribution in [1.82, 2.24) is 4.98 Å². The zero-order valence-corrected chi connectivity index (χ0v) is 8.52. The van der Waals surface area contributed by atoms with Gasteiger partial charge in [-0.3, -0.25) is 0 Å². The number of allylic oxidation sites excluding steroid dienone is 2. The third-order valence-corrected chi connectivity index (χ3v) is 2.93. The summed E-state index contributed by atoms with van der Waals surface area (Å²) in [4.78, 5) is 4.54. The van der Waals surface area contributed by atoms with Crippen molar-refractivity contribution in [3.05, 3.63) is 42.3 Å². The highest BCUT2D eigenvalue weighted by molar-refractivity contribution is 5.72. The number of rotatable bonds is 1. The summed E-state index contributed by atoms with van der Waals surface area (Å²) in [6, 6.07) is 7.96. The van der Waals surface area contributed by atoms with Crippen LogP contribution in [-0.2, 0) is 0 Å². The lowest BCUT2D eigenvalue weighted by Crippen LogP contribution is -2.00. The van der Waals surface area contributed by atoms with Gasteiger partial charge in [-0.25, -0.2) is 4.98 Å². The van der Waals surface area contributed by atoms with Gasteiger partial charge in [0.1, 0.15) is 5.52 Å². The Labute approximate surface area is 88.6 Å². The minimum Gasteiger partial charge on any atom is -0.440 e. The lowest BCUT2D eigenvalue weighted by atomic mass is 9.94. The van der Waals surface area contributed by atoms with Gasteiger partial charge in [0.05, 0.1) is 0 Å². The Kier molecular flexibility index (Phi) is 2.05. The highest BCUT2D eigenvalue weighted by atomic mass is 16.3. The molecule has 0 bridgehead atoms. The van der Waals surface area contributed by atoms with Gasteiger partial charge in [0.25, 0.3) is 0 Å². The monoisotopic (exact) mass is 199 g/mol. The Hall–Kier alpha value is -1.57. The van der Waals surface area contributed by atoms with E-state index in [0.29, 0.717) is 5.92 Å². The normalized spacial score (nSPS) is 20.9. The van der Waals surface area contributed by atoms with Crippen LogP contribution in [-0.4, -0.2) is 4.98 Å². The molecule has 0 spiro atoms. The van der Waals surface area contributed by atoms with Gasteiger partial charge in [-0.15, -0.1) is 0 Å². The van der Waals surface area contributed by atoms with E-state index in [9.17, 15) is 0 Å². The molecule has 2 aromatic rings. The van der Waals surface area contributed by atoms with E-state index in [1.54, 1.807) is 0 Å². The summed E-state index contributed by atoms with van der Waals surface area (Å²) in [5.74, 6) is 1.38. The first kappa shape index (κ1) is 8.72. The molecule has 0 N–H and O–H groups in total. The van der Waals surface area contributed by atoms with Crippen LogP contribution >= 0.6 is 0 Å². The summed E-state index contributed by atoms with van der Waals surface area (Å²) < 4.78 is 5.76. The van der Waals surface area contributed by atoms with Gasteiger partial charge in [0, 0.05) is 5.92 Å². The van der Waals surface area contributed by atoms with Crippen molar-refractivity contribution in [3.8, 4) is 0 Å². The van der Waals surface area contributed by atoms with Gasteiger partial charge in [-0.1, -0.05) is 24.3 Å². The van der Waals surface area contributed by atoms with Gasteiger partial charge < -0.3 is 4.42 Å². The van der Waals surface area contributed by atoms with Crippen molar-refractivity contribution < 1.29 is 4.42 Å². The van der Waals surface area contributed by atoms with Crippen LogP contribution in [0.25, 0.3) is 11.1 Å². The molecule has 1 aromatic heterocycles. The van der Waals surface area contributed by atoms with Crippen LogP contribution in [0.5, 0.6) is 0 Å². The number of benzene rings is 1. The van der Waals surface area contributed by atoms with E-state index in [0.717, 1.165) is 36.3 Å². The molecular weight excluding hydrogens is 186 g/mol. The zero-order chi connectivity index (χ0) is 10.1. The second kappa shape index (κ2) is 3.54. The maximum Gasteiger partial charge on any atom is 0.198 e. The van der Waals surface area contributed by atoms with Crippen LogP contribution in [0, 0.1) is 0 Å². The van der Waals surface area contributed by atoms with Gasteiger partial charge in [0.15, 0.2) is 11.5 Å². The Morgan fingerprint density at radius 3 is 2.93 bits per heavy atom. The molecule has 2 nitrogen and oxygen atoms in total. The molecule has 3 rings (SSSR count). The number of hydrogen-bond donors (Lipinski definition) is 0. The Morgan fingerprint density at radius 1 is 1.20 bits per heavy atom. The highest BCUT2D eigenvalue weighted by Crippen LogP contribution is 2.30. The number of oxazole rings is 1. The van der Waals surface area contributed by atoms with Gasteiger partial charge in [-0.05, 0) is 31.4 Å². The molecule has 1 heterocycles. The summed E-state index contributed by atoms with van der Waals surface area (Å²) in [6.07, 6.45) is 7.82. The molecule has 0 fully saturated rings. The number of hydrogen-bond acceptors (Lipinski definition) is 2. The number of fused-ring (bicyclic) bond motifs is 1. The molecule has 2 heteroatoms. The minimum atomic E-state index is 0.474. The van der Waals surface area contributed by atoms with Crippen molar-refractivity contribution in [2.45, 2.75) is 25.2 Å². The van der Waals surface area contributed by atoms with Crippen LogP contribution in [0.4, 0.5) is 0 Å². The Bertz CT molecular complexity index is 465. The molecule has 0 saturated carbocycles. The van der Waals surface area contributed by atoms with E-state index in [-0.39, 0.29) is 0 Å². The predicted octanol–water partition coefficient (Wildman–Crippen LogP) is 3.65. The van der Waals surface area contributed by atoms with E-state index in [4.69, 9.17) is 4.42 Å². The first-order chi connectivity index (χ1) is 7.43. The third-order valence-electron chi connectivity index (χ3n) is 2.93. The Morgan fingerprint density at radius 2 is 2.13 bits per heavy atom. The van der Waals surface area contributed by atoms with Gasteiger partial charge in [-0.2, -0.15) is 0 Å². The summed E-state index contributed by atoms with van der Waals surface area (Å²) >= 11 is 0. The second-order valence-corrected chi connectivity index (χ2v) is 4.00. The third kappa shape index (κ3) is 1.56. The summed E-state index contributed by atoms with van der Waals surface area (Å²) in [7, 11) is 0. The van der Waals surface area contributed by atoms with Crippen LogP contribution in [0.1, 0.15) is 31.1 Å². The van der Waals surface area contributed by atoms with Crippen LogP contribution in [0.15, 0.2) is 40.8 Å². The molecule has 0 amide bonds. The fraction of sp³-hybridized carbons (Fsp3) is 0.308. The predicted molar refractivity (Wildman–Crippen MR) is 59.7 cm³/mol. The van der Waals surface area contributed by atoms with Crippen molar-refractivity contribution in [2.75, 3.05) is 0 Å². The van der Waals surface area contributed by atoms with E-state index < -0.39 is 0 Å². The van der Waals surface area contributed by atoms with Crippen LogP contribution in [0.3, 0.4) is 0 Å². The van der Waals surface area contributed by atoms with Crippen molar-refractivity contribution in [3.63, 3.8) is 0 Å². The van der Waals surface area contributed by atoms with Crippen molar-refractivity contribution >= 4 is 11.1 Å². The first-order valence-electron chi connectivity index (χ1n) is 5.44. The molecule has 1 aliphatic carbocycles. The lowest BCUT2D eigenvalue weighted by molar-refractivity contribution is 0.448. The number of nitrogens with zero attached hydrogens (tertiary/aromatic N) is 1. The fourth-order valence-corrected chi connectivity index (χ4v) is 2.08. The molecule has 1 aromatic carbocycles. The molecule has 1 aliphatic rings. The van der Waals surface area contributed by atoms with E-state index >= 15 is 0 Å². The number of para-hydroxylation sites is 2. The average Bonchev–Trinajstić information content (AvgIpc) is 2.74. The molecule has 0 aliphatic heterocycles. The quantitative estimate of drug-likeness (QED) is 0.655. The van der Waals surface area contributed by atoms with E-state index in [2.05, 4.69) is 17.1 Å². The first-order valence-corrected chi connectivity index (χ1v) is 5.44. The summed E-state index contributed by atoms with van der Waals surface area (Å²) in [6.45, 7) is 0. The largest absolute Gasteiger partial charge is 0.440 e. The molecule has 15 heavy (non-hydrogen) atoms. The van der Waals surface area contributed by atoms with Crippen molar-refractivity contribution in [1.29, 1.82) is 0 Å². The zero-order valence-electron chi connectivity index (χ0n) is 8.52. The standard InChI is InChI=1S/C13H13NO/c1-2-6-10(7-3-1)13-14-11-8-4-5-9-12(11)15-13/h1-2,4-5,8-10H,3,6-7H2. The Balaban J connectivity index is 2.00. The molecule has 1 atom stereocenters. The molecule has 1 unspecified atom stereocenters. The van der Waals surface area contributed by atoms with E-state index in [1.807, 2.05) is 24.3 Å². The SMILES string of the molecule is C1=CCC(c2nc3ccccc3o2)CC1. The summed E-state index contributed by atoms with van der Waals surface area (Å²) in [5, 5.41) is 0. The minimum absolute atomic E-state index is 0.474. The van der Waals surface area contributed by atoms with Crippen LogP contribution < -0.4 is 0 Å². The average molecular weight is 199 g/mol. The summed E-state index contributed by atoms with van der Waals surface area (Å²) in [5.41, 5.74) is 1.88. The maximum atomic E-state index is 5.76. The molecule has 0 saturated heterocycles. The topological polar surface area (TPSA) is 26.0 Å². The lowest BCUT2D eigenvalue weighted by Gasteiger charge is -2.12. The second-order valence-electron chi connectivity index (χ2n) is 4.00. The van der Waals surface area contributed by atoms with Gasteiger partial charge >= 0.3 is 0 Å². The maximum absolute atomic E-state index is 5.76. The smallest absolute Gasteiger partial charge is 0.198 e. The molecule has 0 radical (unpaired) electrons. The van der Waals surface area contributed by atoms with Gasteiger partial charge in [0.2, 0.25) is 0 Å². The highest BCUT2D eigenvalue weighted by Gasteiger charge is 2.18. The van der Waals surface area contributed by atoms with Crippen LogP contribution in [0.2, 0.25) is 0 Å². The van der Waals surface area contributed by atoms with E-state index in [1.165, 1.54) is 0 Å². The molecule has 76 valence electrons. The number of aromatic nitrogens is 1. The molecular formula is C13H13NO. The van der Waals surface area contributed by atoms with Crippen molar-refractivity contribution in [2.24, 2.45) is 0 Å².